The third-order valence-electron chi connectivity index (χ3n) is 4.00. The molecule has 2 N–H and O–H groups in total. The third-order valence-corrected chi connectivity index (χ3v) is 4.71. The summed E-state index contributed by atoms with van der Waals surface area (Å²) in [5, 5.41) is 12.8. The van der Waals surface area contributed by atoms with E-state index in [-0.39, 0.29) is 16.0 Å². The highest BCUT2D eigenvalue weighted by Crippen LogP contribution is 2.40. The predicted molar refractivity (Wildman–Crippen MR) is 140 cm³/mol. The zero-order chi connectivity index (χ0) is 24.6. The van der Waals surface area contributed by atoms with Crippen LogP contribution in [0.15, 0.2) is 12.1 Å². The van der Waals surface area contributed by atoms with Gasteiger partial charge in [0.25, 0.3) is 5.17 Å². The molecule has 0 aromatic heterocycles. The van der Waals surface area contributed by atoms with E-state index in [1.54, 1.807) is 6.92 Å². The van der Waals surface area contributed by atoms with Crippen LogP contribution in [0.1, 0.15) is 79.0 Å². The molecule has 0 aliphatic carbocycles. The van der Waals surface area contributed by atoms with E-state index in [1.165, 1.54) is 0 Å². The fraction of sp³-hybridized carbons (Fsp3) is 0.609. The summed E-state index contributed by atoms with van der Waals surface area (Å²) < 4.78 is 10.2. The molecule has 0 radical (unpaired) electrons. The molecule has 0 fully saturated rings. The average Bonchev–Trinajstić information content (AvgIpc) is 2.58. The Bertz CT molecular complexity index is 743. The third kappa shape index (κ3) is 11.2. The van der Waals surface area contributed by atoms with Crippen molar-refractivity contribution in [2.24, 2.45) is 5.92 Å². The molecule has 0 aliphatic rings. The maximum absolute atomic E-state index is 10.8. The van der Waals surface area contributed by atoms with Gasteiger partial charge in [-0.3, -0.25) is 5.32 Å². The lowest BCUT2D eigenvalue weighted by atomic mass is 9.78. The van der Waals surface area contributed by atoms with Crippen LogP contribution in [0, 0.1) is 5.92 Å². The van der Waals surface area contributed by atoms with E-state index in [2.05, 4.69) is 64.2 Å². The molecule has 8 heteroatoms. The molecule has 1 rings (SSSR count). The molecular formula is C23H37NO4S3. The number of benzene rings is 1. The van der Waals surface area contributed by atoms with Gasteiger partial charge in [-0.15, -0.1) is 12.6 Å². The van der Waals surface area contributed by atoms with Gasteiger partial charge in [-0.1, -0.05) is 67.6 Å². The molecule has 0 heterocycles. The van der Waals surface area contributed by atoms with E-state index >= 15 is 0 Å². The molecule has 0 atom stereocenters. The fourth-order valence-electron chi connectivity index (χ4n) is 2.43. The van der Waals surface area contributed by atoms with Crippen LogP contribution in [0.4, 0.5) is 4.79 Å². The molecule has 1 amide bonds. The summed E-state index contributed by atoms with van der Waals surface area (Å²) in [5.74, 6) is 0.755. The van der Waals surface area contributed by atoms with Crippen molar-refractivity contribution in [2.75, 3.05) is 13.2 Å². The number of carbonyl (C=O) groups excluding carboxylic acids is 1. The first kappa shape index (κ1) is 29.6. The van der Waals surface area contributed by atoms with Crippen molar-refractivity contribution in [1.29, 1.82) is 0 Å². The van der Waals surface area contributed by atoms with Gasteiger partial charge in [0.05, 0.1) is 17.4 Å². The second-order valence-electron chi connectivity index (χ2n) is 9.56. The van der Waals surface area contributed by atoms with Gasteiger partial charge in [-0.25, -0.2) is 4.79 Å². The molecule has 0 saturated heterocycles. The number of alkyl carbamates (subject to hydrolysis) is 1. The summed E-state index contributed by atoms with van der Waals surface area (Å²) >= 11 is 14.1. The van der Waals surface area contributed by atoms with Crippen molar-refractivity contribution >= 4 is 52.5 Å². The van der Waals surface area contributed by atoms with Crippen molar-refractivity contribution in [2.45, 2.75) is 73.1 Å². The van der Waals surface area contributed by atoms with Crippen molar-refractivity contribution in [3.63, 3.8) is 0 Å². The van der Waals surface area contributed by atoms with Crippen molar-refractivity contribution in [3.05, 3.63) is 28.8 Å². The summed E-state index contributed by atoms with van der Waals surface area (Å²) in [5.41, 5.74) is 2.49. The first-order valence-electron chi connectivity index (χ1n) is 10.2. The number of rotatable bonds is 4. The van der Waals surface area contributed by atoms with Gasteiger partial charge in [0.1, 0.15) is 5.75 Å². The van der Waals surface area contributed by atoms with Gasteiger partial charge < -0.3 is 14.6 Å². The first-order valence-corrected chi connectivity index (χ1v) is 11.5. The zero-order valence-electron chi connectivity index (χ0n) is 20.1. The summed E-state index contributed by atoms with van der Waals surface area (Å²) in [6.07, 6.45) is -0.573. The van der Waals surface area contributed by atoms with Crippen molar-refractivity contribution < 1.29 is 19.4 Å². The van der Waals surface area contributed by atoms with Crippen LogP contribution in [0.2, 0.25) is 0 Å². The normalized spacial score (nSPS) is 11.3. The van der Waals surface area contributed by atoms with E-state index in [0.717, 1.165) is 16.7 Å². The Morgan fingerprint density at radius 3 is 1.84 bits per heavy atom. The number of amides is 1. The van der Waals surface area contributed by atoms with Gasteiger partial charge in [0, 0.05) is 11.1 Å². The van der Waals surface area contributed by atoms with Gasteiger partial charge in [0.2, 0.25) is 0 Å². The number of thiol groups is 1. The van der Waals surface area contributed by atoms with Crippen LogP contribution >= 0.6 is 37.1 Å². The quantitative estimate of drug-likeness (QED) is 0.343. The van der Waals surface area contributed by atoms with Crippen LogP contribution in [-0.4, -0.2) is 33.8 Å². The minimum absolute atomic E-state index is 0.0622. The number of phenolic OH excluding ortho intramolecular Hbond substituents is 1. The van der Waals surface area contributed by atoms with Crippen LogP contribution < -0.4 is 5.32 Å². The smallest absolute Gasteiger partial charge is 0.414 e. The molecule has 0 saturated carbocycles. The second kappa shape index (κ2) is 12.6. The van der Waals surface area contributed by atoms with Gasteiger partial charge in [-0.2, -0.15) is 0 Å². The van der Waals surface area contributed by atoms with Gasteiger partial charge in [0.15, 0.2) is 0 Å². The Morgan fingerprint density at radius 1 is 1.06 bits per heavy atom. The lowest BCUT2D eigenvalue weighted by molar-refractivity contribution is 0.153. The molecule has 0 spiro atoms. The van der Waals surface area contributed by atoms with E-state index in [1.807, 2.05) is 26.0 Å². The number of carbonyl (C=O) groups is 1. The number of phenols is 1. The highest BCUT2D eigenvalue weighted by molar-refractivity contribution is 8.11. The summed E-state index contributed by atoms with van der Waals surface area (Å²) in [6.45, 7) is 19.0. The first-order chi connectivity index (χ1) is 14.0. The lowest BCUT2D eigenvalue weighted by Gasteiger charge is -2.28. The van der Waals surface area contributed by atoms with Crippen LogP contribution in [-0.2, 0) is 20.3 Å². The second-order valence-corrected chi connectivity index (χ2v) is 11.1. The minimum Gasteiger partial charge on any atom is -0.507 e. The Labute approximate surface area is 203 Å². The number of ether oxygens (including phenoxy) is 2. The van der Waals surface area contributed by atoms with E-state index < -0.39 is 6.09 Å². The van der Waals surface area contributed by atoms with Gasteiger partial charge >= 0.3 is 6.09 Å². The molecule has 1 aromatic carbocycles. The monoisotopic (exact) mass is 487 g/mol. The number of aromatic hydroxyl groups is 1. The average molecular weight is 488 g/mol. The summed E-state index contributed by atoms with van der Waals surface area (Å²) in [6, 6.07) is 3.89. The molecule has 31 heavy (non-hydrogen) atoms. The summed E-state index contributed by atoms with van der Waals surface area (Å²) in [4.78, 5) is 10.8. The number of hydrogen-bond donors (Lipinski definition) is 3. The standard InChI is InChI=1S/C15H22OS2.C8H15NO3S/c1-14(2,3)10-7-9(13(17)18)8-11(12(10)16)15(4,5)6;1-4-11-7(10)9-8(13)12-5-6(2)3/h7-8,16H,1-6H3,(H,17,18);6H,4-5H2,1-3H3,(H,9,10,13). The van der Waals surface area contributed by atoms with Gasteiger partial charge in [-0.05, 0) is 53.6 Å². The molecule has 0 bridgehead atoms. The number of thiocarbonyl (C=S) groups is 2. The van der Waals surface area contributed by atoms with E-state index in [4.69, 9.17) is 29.2 Å². The van der Waals surface area contributed by atoms with Crippen LogP contribution in [0.25, 0.3) is 0 Å². The lowest BCUT2D eigenvalue weighted by Crippen LogP contribution is -2.32. The number of nitrogens with one attached hydrogen (secondary N) is 1. The molecule has 0 unspecified atom stereocenters. The SMILES string of the molecule is CC(C)(C)c1cc(C(=S)S)cc(C(C)(C)C)c1O.CCOC(=O)NC(=S)OCC(C)C. The molecule has 0 aliphatic heterocycles. The van der Waals surface area contributed by atoms with E-state index in [0.29, 0.717) is 29.1 Å². The Kier molecular flexibility index (Phi) is 12.0. The Hall–Kier alpha value is -1.38. The Morgan fingerprint density at radius 2 is 1.52 bits per heavy atom. The maximum atomic E-state index is 10.8. The Balaban J connectivity index is 0.000000615. The van der Waals surface area contributed by atoms with Crippen LogP contribution in [0.5, 0.6) is 5.75 Å². The highest BCUT2D eigenvalue weighted by Gasteiger charge is 2.26. The maximum Gasteiger partial charge on any atom is 0.414 e. The molecule has 1 aromatic rings. The topological polar surface area (TPSA) is 67.8 Å². The predicted octanol–water partition coefficient (Wildman–Crippen LogP) is 6.28. The van der Waals surface area contributed by atoms with Crippen molar-refractivity contribution in [1.82, 2.24) is 5.32 Å². The molecule has 176 valence electrons. The minimum atomic E-state index is -0.573. The zero-order valence-corrected chi connectivity index (χ0v) is 22.6. The largest absolute Gasteiger partial charge is 0.507 e. The molecular weight excluding hydrogens is 450 g/mol. The van der Waals surface area contributed by atoms with Crippen molar-refractivity contribution in [3.8, 4) is 5.75 Å². The molecule has 5 nitrogen and oxygen atoms in total. The van der Waals surface area contributed by atoms with E-state index in [9.17, 15) is 9.90 Å². The van der Waals surface area contributed by atoms with Crippen LogP contribution in [0.3, 0.4) is 0 Å². The summed E-state index contributed by atoms with van der Waals surface area (Å²) in [7, 11) is 0. The highest BCUT2D eigenvalue weighted by atomic mass is 32.1. The number of hydrogen-bond acceptors (Lipinski definition) is 6. The fourth-order valence-corrected chi connectivity index (χ4v) is 2.83.